The molecule has 10 nitrogen and oxygen atoms in total. The van der Waals surface area contributed by atoms with Crippen LogP contribution in [0, 0.1) is 5.41 Å². The number of halogens is 1. The van der Waals surface area contributed by atoms with E-state index in [1.165, 1.54) is 11.8 Å². The zero-order chi connectivity index (χ0) is 18.7. The Labute approximate surface area is 157 Å². The molecule has 2 fully saturated rings. The molecule has 0 aromatic rings. The van der Waals surface area contributed by atoms with Crippen molar-refractivity contribution in [2.45, 2.75) is 57.2 Å². The standard InChI is InChI=1S/C15H23N5O5.ClH/c1-8(21)20-9(7-12(20)22)4-5-10(18-15(16)17)13(23)19-6-2-3-11(19)14(24)25;/h9-11H,2-7H2,1H3,(H,24,25)(H4,16,17,18);1H. The average molecular weight is 390 g/mol. The Morgan fingerprint density at radius 1 is 1.42 bits per heavy atom. The van der Waals surface area contributed by atoms with Crippen LogP contribution < -0.4 is 11.1 Å². The molecule has 0 aromatic carbocycles. The molecule has 0 spiro atoms. The smallest absolute Gasteiger partial charge is 0.326 e. The second kappa shape index (κ2) is 8.84. The molecule has 0 radical (unpaired) electrons. The molecule has 3 amide bonds. The van der Waals surface area contributed by atoms with Gasteiger partial charge in [-0.05, 0) is 25.7 Å². The fourth-order valence-corrected chi connectivity index (χ4v) is 3.44. The highest BCUT2D eigenvalue weighted by Crippen LogP contribution is 2.25. The summed E-state index contributed by atoms with van der Waals surface area (Å²) < 4.78 is 0. The van der Waals surface area contributed by atoms with Crippen LogP contribution in [-0.2, 0) is 19.2 Å². The van der Waals surface area contributed by atoms with E-state index in [1.807, 2.05) is 0 Å². The Balaban J connectivity index is 0.00000338. The van der Waals surface area contributed by atoms with Crippen LogP contribution >= 0.6 is 12.4 Å². The predicted octanol–water partition coefficient (Wildman–Crippen LogP) is -0.737. The van der Waals surface area contributed by atoms with Gasteiger partial charge in [-0.2, -0.15) is 0 Å². The second-order valence-electron chi connectivity index (χ2n) is 6.36. The molecule has 2 aliphatic heterocycles. The number of hydrogen-bond donors (Lipinski definition) is 4. The van der Waals surface area contributed by atoms with Crippen molar-refractivity contribution in [3.63, 3.8) is 0 Å². The molecule has 2 rings (SSSR count). The first kappa shape index (κ1) is 21.7. The zero-order valence-corrected chi connectivity index (χ0v) is 15.3. The van der Waals surface area contributed by atoms with Crippen molar-refractivity contribution in [2.24, 2.45) is 5.73 Å². The van der Waals surface area contributed by atoms with Gasteiger partial charge in [0, 0.05) is 25.9 Å². The first-order chi connectivity index (χ1) is 11.7. The minimum atomic E-state index is -1.06. The van der Waals surface area contributed by atoms with Crippen LogP contribution in [0.5, 0.6) is 0 Å². The summed E-state index contributed by atoms with van der Waals surface area (Å²) in [6, 6.07) is -2.01. The van der Waals surface area contributed by atoms with Crippen LogP contribution in [0.4, 0.5) is 0 Å². The normalized spacial score (nSPS) is 22.9. The van der Waals surface area contributed by atoms with E-state index in [9.17, 15) is 24.3 Å². The molecule has 2 heterocycles. The number of nitrogens with zero attached hydrogens (tertiary/aromatic N) is 2. The maximum absolute atomic E-state index is 12.7. The molecule has 3 unspecified atom stereocenters. The van der Waals surface area contributed by atoms with Gasteiger partial charge in [-0.15, -0.1) is 12.4 Å². The van der Waals surface area contributed by atoms with E-state index in [2.05, 4.69) is 5.32 Å². The van der Waals surface area contributed by atoms with Gasteiger partial charge in [0.15, 0.2) is 5.96 Å². The Kier molecular flexibility index (Phi) is 7.37. The number of amides is 3. The molecule has 26 heavy (non-hydrogen) atoms. The highest BCUT2D eigenvalue weighted by molar-refractivity contribution is 5.99. The van der Waals surface area contributed by atoms with E-state index in [4.69, 9.17) is 11.1 Å². The van der Waals surface area contributed by atoms with E-state index in [0.717, 1.165) is 4.90 Å². The lowest BCUT2D eigenvalue weighted by Gasteiger charge is -2.38. The number of aliphatic carboxylic acids is 1. The van der Waals surface area contributed by atoms with Gasteiger partial charge in [0.25, 0.3) is 0 Å². The first-order valence-electron chi connectivity index (χ1n) is 8.18. The quantitative estimate of drug-likeness (QED) is 0.265. The van der Waals surface area contributed by atoms with Crippen molar-refractivity contribution in [3.05, 3.63) is 0 Å². The first-order valence-corrected chi connectivity index (χ1v) is 8.18. The molecule has 0 bridgehead atoms. The van der Waals surface area contributed by atoms with Crippen molar-refractivity contribution in [1.82, 2.24) is 15.1 Å². The molecule has 0 saturated carbocycles. The van der Waals surface area contributed by atoms with Crippen LogP contribution in [0.1, 0.15) is 39.0 Å². The predicted molar refractivity (Wildman–Crippen MR) is 93.6 cm³/mol. The van der Waals surface area contributed by atoms with Crippen LogP contribution in [0.3, 0.4) is 0 Å². The third-order valence-corrected chi connectivity index (χ3v) is 4.62. The number of carboxylic acid groups (broad SMARTS) is 1. The monoisotopic (exact) mass is 389 g/mol. The largest absolute Gasteiger partial charge is 0.480 e. The highest BCUT2D eigenvalue weighted by Gasteiger charge is 2.41. The lowest BCUT2D eigenvalue weighted by atomic mass is 9.94. The van der Waals surface area contributed by atoms with E-state index in [0.29, 0.717) is 25.8 Å². The van der Waals surface area contributed by atoms with E-state index >= 15 is 0 Å². The Morgan fingerprint density at radius 2 is 2.08 bits per heavy atom. The highest BCUT2D eigenvalue weighted by atomic mass is 35.5. The topological polar surface area (TPSA) is 157 Å². The van der Waals surface area contributed by atoms with Gasteiger partial charge < -0.3 is 21.1 Å². The van der Waals surface area contributed by atoms with Crippen molar-refractivity contribution >= 4 is 42.1 Å². The van der Waals surface area contributed by atoms with Gasteiger partial charge in [-0.25, -0.2) is 4.79 Å². The van der Waals surface area contributed by atoms with Crippen LogP contribution in [0.2, 0.25) is 0 Å². The Hall–Kier alpha value is -2.36. The second-order valence-corrected chi connectivity index (χ2v) is 6.36. The third-order valence-electron chi connectivity index (χ3n) is 4.62. The molecule has 2 aliphatic rings. The van der Waals surface area contributed by atoms with Crippen molar-refractivity contribution in [2.75, 3.05) is 6.54 Å². The van der Waals surface area contributed by atoms with Crippen molar-refractivity contribution < 1.29 is 24.3 Å². The summed E-state index contributed by atoms with van der Waals surface area (Å²) in [5.41, 5.74) is 5.34. The fourth-order valence-electron chi connectivity index (χ4n) is 3.44. The minimum absolute atomic E-state index is 0. The summed E-state index contributed by atoms with van der Waals surface area (Å²) in [5.74, 6) is -2.46. The summed E-state index contributed by atoms with van der Waals surface area (Å²) >= 11 is 0. The number of imide groups is 1. The molecule has 2 saturated heterocycles. The zero-order valence-electron chi connectivity index (χ0n) is 14.4. The average Bonchev–Trinajstić information content (AvgIpc) is 2.97. The minimum Gasteiger partial charge on any atom is -0.480 e. The number of likely N-dealkylation sites (tertiary alicyclic amines) is 2. The van der Waals surface area contributed by atoms with Gasteiger partial charge >= 0.3 is 5.97 Å². The summed E-state index contributed by atoms with van der Waals surface area (Å²) in [7, 11) is 0. The third kappa shape index (κ3) is 4.63. The van der Waals surface area contributed by atoms with Gasteiger partial charge in [0.1, 0.15) is 12.1 Å². The van der Waals surface area contributed by atoms with Crippen LogP contribution in [0.15, 0.2) is 0 Å². The summed E-state index contributed by atoms with van der Waals surface area (Å²) in [6.45, 7) is 1.65. The Morgan fingerprint density at radius 3 is 2.58 bits per heavy atom. The Bertz CT molecular complexity index is 605. The molecule has 3 atom stereocenters. The molecular weight excluding hydrogens is 366 g/mol. The van der Waals surface area contributed by atoms with Crippen LogP contribution in [-0.4, -0.2) is 69.2 Å². The number of hydrogen-bond acceptors (Lipinski definition) is 5. The van der Waals surface area contributed by atoms with Crippen molar-refractivity contribution in [3.8, 4) is 0 Å². The van der Waals surface area contributed by atoms with Gasteiger partial charge in [0.05, 0.1) is 0 Å². The fraction of sp³-hybridized carbons (Fsp3) is 0.667. The number of nitrogens with one attached hydrogen (secondary N) is 2. The van der Waals surface area contributed by atoms with Crippen LogP contribution in [0.25, 0.3) is 0 Å². The summed E-state index contributed by atoms with van der Waals surface area (Å²) in [6.07, 6.45) is 1.85. The molecule has 5 N–H and O–H groups in total. The van der Waals surface area contributed by atoms with Gasteiger partial charge in [0.2, 0.25) is 17.7 Å². The number of carbonyl (C=O) groups is 4. The molecular formula is C15H24ClN5O5. The molecule has 0 aromatic heterocycles. The molecule has 0 aliphatic carbocycles. The number of guanidine groups is 1. The van der Waals surface area contributed by atoms with E-state index in [-0.39, 0.29) is 43.1 Å². The van der Waals surface area contributed by atoms with E-state index in [1.54, 1.807) is 0 Å². The maximum atomic E-state index is 12.7. The van der Waals surface area contributed by atoms with E-state index < -0.39 is 29.9 Å². The van der Waals surface area contributed by atoms with Crippen molar-refractivity contribution in [1.29, 1.82) is 5.41 Å². The number of rotatable bonds is 6. The summed E-state index contributed by atoms with van der Waals surface area (Å²) in [5, 5.41) is 19.2. The molecule has 11 heteroatoms. The van der Waals surface area contributed by atoms with Gasteiger partial charge in [-0.1, -0.05) is 0 Å². The van der Waals surface area contributed by atoms with Gasteiger partial charge in [-0.3, -0.25) is 24.7 Å². The summed E-state index contributed by atoms with van der Waals surface area (Å²) in [4.78, 5) is 49.3. The SMILES string of the molecule is CC(=O)N1C(=O)CC1CCC(NC(=N)N)C(=O)N1CCCC1C(=O)O.Cl. The lowest BCUT2D eigenvalue weighted by molar-refractivity contribution is -0.157. The number of carboxylic acids is 1. The lowest BCUT2D eigenvalue weighted by Crippen LogP contribution is -2.56. The maximum Gasteiger partial charge on any atom is 0.326 e. The number of β-lactam (4-membered cyclic amide) rings is 1. The molecule has 146 valence electrons. The number of nitrogens with two attached hydrogens (primary N) is 1. The number of carbonyl (C=O) groups excluding carboxylic acids is 3.